The van der Waals surface area contributed by atoms with Crippen molar-refractivity contribution >= 4 is 5.91 Å². The monoisotopic (exact) mass is 182 g/mol. The van der Waals surface area contributed by atoms with E-state index in [1.165, 1.54) is 12.5 Å². The highest BCUT2D eigenvalue weighted by atomic mass is 16.5. The number of nitrogens with one attached hydrogen (secondary N) is 1. The lowest BCUT2D eigenvalue weighted by Gasteiger charge is -2.12. The summed E-state index contributed by atoms with van der Waals surface area (Å²) in [5.74, 6) is -0.243. The molecule has 1 fully saturated rings. The number of nitrogens with zero attached hydrogens (tertiary/aromatic N) is 1. The van der Waals surface area contributed by atoms with E-state index in [1.807, 2.05) is 0 Å². The fourth-order valence-corrected chi connectivity index (χ4v) is 1.10. The fourth-order valence-electron chi connectivity index (χ4n) is 1.10. The first kappa shape index (κ1) is 8.25. The second kappa shape index (κ2) is 2.85. The summed E-state index contributed by atoms with van der Waals surface area (Å²) in [6.07, 6.45) is 4.30. The summed E-state index contributed by atoms with van der Waals surface area (Å²) in [4.78, 5) is 11.4. The van der Waals surface area contributed by atoms with Gasteiger partial charge >= 0.3 is 0 Å². The first-order valence-electron chi connectivity index (χ1n) is 4.08. The summed E-state index contributed by atoms with van der Waals surface area (Å²) < 4.78 is 4.53. The predicted molar refractivity (Wildman–Crippen MR) is 43.0 cm³/mol. The zero-order valence-corrected chi connectivity index (χ0v) is 6.99. The molecule has 0 aliphatic heterocycles. The Labute approximate surface area is 74.7 Å². The minimum Gasteiger partial charge on any atom is -0.394 e. The molecule has 13 heavy (non-hydrogen) atoms. The number of amides is 1. The number of hydrogen-bond donors (Lipinski definition) is 2. The summed E-state index contributed by atoms with van der Waals surface area (Å²) in [6, 6.07) is 0. The number of aromatic nitrogens is 1. The van der Waals surface area contributed by atoms with Crippen molar-refractivity contribution in [2.24, 2.45) is 0 Å². The molecule has 2 N–H and O–H groups in total. The number of carbonyl (C=O) groups is 1. The SMILES string of the molecule is O=C(NC1(CO)CC1)c1cnoc1. The van der Waals surface area contributed by atoms with Crippen LogP contribution in [0.3, 0.4) is 0 Å². The van der Waals surface area contributed by atoms with E-state index in [0.29, 0.717) is 5.56 Å². The number of hydrogen-bond acceptors (Lipinski definition) is 4. The molecular formula is C8H10N2O3. The summed E-state index contributed by atoms with van der Waals surface area (Å²) in [5, 5.41) is 15.1. The van der Waals surface area contributed by atoms with Crippen LogP contribution in [0.25, 0.3) is 0 Å². The van der Waals surface area contributed by atoms with E-state index in [0.717, 1.165) is 12.8 Å². The molecule has 1 saturated carbocycles. The third-order valence-corrected chi connectivity index (χ3v) is 2.23. The Morgan fingerprint density at radius 1 is 1.77 bits per heavy atom. The molecule has 5 heteroatoms. The van der Waals surface area contributed by atoms with E-state index in [1.54, 1.807) is 0 Å². The average molecular weight is 182 g/mol. The van der Waals surface area contributed by atoms with E-state index in [2.05, 4.69) is 15.0 Å². The van der Waals surface area contributed by atoms with Crippen LogP contribution >= 0.6 is 0 Å². The molecule has 1 amide bonds. The van der Waals surface area contributed by atoms with Crippen LogP contribution in [0.15, 0.2) is 17.0 Å². The van der Waals surface area contributed by atoms with Gasteiger partial charge in [0.25, 0.3) is 5.91 Å². The standard InChI is InChI=1S/C8H10N2O3/c11-5-8(1-2-8)10-7(12)6-3-9-13-4-6/h3-4,11H,1-2,5H2,(H,10,12). The smallest absolute Gasteiger partial charge is 0.256 e. The van der Waals surface area contributed by atoms with Crippen LogP contribution in [0.1, 0.15) is 23.2 Å². The third kappa shape index (κ3) is 1.55. The highest BCUT2D eigenvalue weighted by molar-refractivity contribution is 5.94. The zero-order valence-electron chi connectivity index (χ0n) is 6.99. The lowest BCUT2D eigenvalue weighted by Crippen LogP contribution is -2.39. The molecule has 0 radical (unpaired) electrons. The van der Waals surface area contributed by atoms with E-state index >= 15 is 0 Å². The van der Waals surface area contributed by atoms with Gasteiger partial charge < -0.3 is 14.9 Å². The van der Waals surface area contributed by atoms with Gasteiger partial charge in [-0.05, 0) is 12.8 Å². The van der Waals surface area contributed by atoms with Gasteiger partial charge in [0.1, 0.15) is 6.26 Å². The van der Waals surface area contributed by atoms with E-state index in [9.17, 15) is 4.79 Å². The van der Waals surface area contributed by atoms with Crippen molar-refractivity contribution in [3.63, 3.8) is 0 Å². The van der Waals surface area contributed by atoms with Gasteiger partial charge in [0, 0.05) is 0 Å². The predicted octanol–water partition coefficient (Wildman–Crippen LogP) is -0.0707. The van der Waals surface area contributed by atoms with Gasteiger partial charge in [-0.15, -0.1) is 0 Å². The fraction of sp³-hybridized carbons (Fsp3) is 0.500. The third-order valence-electron chi connectivity index (χ3n) is 2.23. The number of aliphatic hydroxyl groups excluding tert-OH is 1. The molecule has 1 aliphatic carbocycles. The first-order valence-corrected chi connectivity index (χ1v) is 4.08. The topological polar surface area (TPSA) is 75.4 Å². The van der Waals surface area contributed by atoms with Crippen LogP contribution in [-0.4, -0.2) is 28.3 Å². The Hall–Kier alpha value is -1.36. The molecule has 0 spiro atoms. The molecule has 1 heterocycles. The maximum absolute atomic E-state index is 11.4. The highest BCUT2D eigenvalue weighted by Crippen LogP contribution is 2.34. The Kier molecular flexibility index (Phi) is 1.81. The lowest BCUT2D eigenvalue weighted by molar-refractivity contribution is 0.0906. The number of carbonyl (C=O) groups excluding carboxylic acids is 1. The average Bonchev–Trinajstić information content (AvgIpc) is 2.69. The van der Waals surface area contributed by atoms with Crippen molar-refractivity contribution in [1.29, 1.82) is 0 Å². The van der Waals surface area contributed by atoms with Crippen LogP contribution in [0, 0.1) is 0 Å². The Bertz CT molecular complexity index is 303. The Balaban J connectivity index is 2.00. The van der Waals surface area contributed by atoms with Crippen LogP contribution in [0.2, 0.25) is 0 Å². The summed E-state index contributed by atoms with van der Waals surface area (Å²) in [5.41, 5.74) is 0.00803. The van der Waals surface area contributed by atoms with Gasteiger partial charge in [-0.25, -0.2) is 0 Å². The first-order chi connectivity index (χ1) is 6.26. The summed E-state index contributed by atoms with van der Waals surface area (Å²) in [6.45, 7) is -0.00990. The maximum Gasteiger partial charge on any atom is 0.256 e. The zero-order chi connectivity index (χ0) is 9.31. The quantitative estimate of drug-likeness (QED) is 0.686. The largest absolute Gasteiger partial charge is 0.394 e. The summed E-state index contributed by atoms with van der Waals surface area (Å²) in [7, 11) is 0. The molecule has 70 valence electrons. The van der Waals surface area contributed by atoms with Gasteiger partial charge in [-0.3, -0.25) is 4.79 Å². The molecule has 0 unspecified atom stereocenters. The lowest BCUT2D eigenvalue weighted by atomic mass is 10.2. The highest BCUT2D eigenvalue weighted by Gasteiger charge is 2.43. The minimum atomic E-state index is -0.381. The van der Waals surface area contributed by atoms with Gasteiger partial charge in [0.2, 0.25) is 0 Å². The van der Waals surface area contributed by atoms with Crippen LogP contribution in [0.5, 0.6) is 0 Å². The second-order valence-electron chi connectivity index (χ2n) is 3.31. The Morgan fingerprint density at radius 2 is 2.54 bits per heavy atom. The van der Waals surface area contributed by atoms with Crippen molar-refractivity contribution in [2.75, 3.05) is 6.61 Å². The van der Waals surface area contributed by atoms with Crippen LogP contribution < -0.4 is 5.32 Å². The van der Waals surface area contributed by atoms with Gasteiger partial charge in [0.05, 0.1) is 23.9 Å². The molecule has 0 atom stereocenters. The van der Waals surface area contributed by atoms with Crippen molar-refractivity contribution in [1.82, 2.24) is 10.5 Å². The van der Waals surface area contributed by atoms with Crippen molar-refractivity contribution in [2.45, 2.75) is 18.4 Å². The normalized spacial score (nSPS) is 18.2. The van der Waals surface area contributed by atoms with Gasteiger partial charge in [0.15, 0.2) is 0 Å². The van der Waals surface area contributed by atoms with Gasteiger partial charge in [-0.2, -0.15) is 0 Å². The van der Waals surface area contributed by atoms with E-state index in [-0.39, 0.29) is 18.1 Å². The van der Waals surface area contributed by atoms with Crippen LogP contribution in [-0.2, 0) is 0 Å². The molecule has 0 aromatic carbocycles. The van der Waals surface area contributed by atoms with Gasteiger partial charge in [-0.1, -0.05) is 5.16 Å². The second-order valence-corrected chi connectivity index (χ2v) is 3.31. The molecular weight excluding hydrogens is 172 g/mol. The Morgan fingerprint density at radius 3 is 3.00 bits per heavy atom. The molecule has 2 rings (SSSR count). The molecule has 1 aromatic heterocycles. The molecule has 0 saturated heterocycles. The number of aliphatic hydroxyl groups is 1. The van der Waals surface area contributed by atoms with E-state index < -0.39 is 0 Å². The molecule has 1 aliphatic rings. The van der Waals surface area contributed by atoms with Crippen molar-refractivity contribution < 1.29 is 14.4 Å². The maximum atomic E-state index is 11.4. The molecule has 0 bridgehead atoms. The molecule has 5 nitrogen and oxygen atoms in total. The van der Waals surface area contributed by atoms with Crippen LogP contribution in [0.4, 0.5) is 0 Å². The van der Waals surface area contributed by atoms with E-state index in [4.69, 9.17) is 5.11 Å². The number of rotatable bonds is 3. The molecule has 1 aromatic rings. The van der Waals surface area contributed by atoms with Crippen molar-refractivity contribution in [3.8, 4) is 0 Å². The summed E-state index contributed by atoms with van der Waals surface area (Å²) >= 11 is 0. The minimum absolute atomic E-state index is 0.00990. The van der Waals surface area contributed by atoms with Crippen molar-refractivity contribution in [3.05, 3.63) is 18.0 Å².